The lowest BCUT2D eigenvalue weighted by atomic mass is 10.3. The minimum absolute atomic E-state index is 0.00682. The van der Waals surface area contributed by atoms with Crippen LogP contribution in [-0.2, 0) is 9.59 Å². The molecule has 0 saturated heterocycles. The molecule has 0 fully saturated rings. The van der Waals surface area contributed by atoms with E-state index in [0.29, 0.717) is 19.1 Å². The molecule has 148 valence electrons. The van der Waals surface area contributed by atoms with Crippen LogP contribution >= 0.6 is 0 Å². The Bertz CT molecular complexity index is 368. The van der Waals surface area contributed by atoms with Crippen molar-refractivity contribution in [2.45, 2.75) is 19.9 Å². The Hall–Kier alpha value is -1.26. The summed E-state index contributed by atoms with van der Waals surface area (Å²) in [5.41, 5.74) is 0. The molecular weight excluding hydrogens is 326 g/mol. The Labute approximate surface area is 150 Å². The first-order chi connectivity index (χ1) is 11.8. The van der Waals surface area contributed by atoms with Gasteiger partial charge in [0, 0.05) is 58.4 Å². The molecule has 0 spiro atoms. The van der Waals surface area contributed by atoms with Crippen LogP contribution in [0.25, 0.3) is 0 Å². The van der Waals surface area contributed by atoms with Gasteiger partial charge in [0.1, 0.15) is 0 Å². The molecule has 0 aromatic carbocycles. The largest absolute Gasteiger partial charge is 0.480 e. The van der Waals surface area contributed by atoms with Crippen molar-refractivity contribution in [3.05, 3.63) is 0 Å². The molecule has 0 bridgehead atoms. The molecule has 0 atom stereocenters. The molecule has 0 aliphatic rings. The van der Waals surface area contributed by atoms with Gasteiger partial charge in [-0.3, -0.25) is 19.4 Å². The zero-order valence-corrected chi connectivity index (χ0v) is 15.8. The highest BCUT2D eigenvalue weighted by atomic mass is 16.4. The summed E-state index contributed by atoms with van der Waals surface area (Å²) in [7, 11) is 1.80. The van der Waals surface area contributed by atoms with E-state index in [9.17, 15) is 9.59 Å². The lowest BCUT2D eigenvalue weighted by Gasteiger charge is -2.27. The van der Waals surface area contributed by atoms with Gasteiger partial charge in [0.2, 0.25) is 0 Å². The third-order valence-corrected chi connectivity index (χ3v) is 3.71. The quantitative estimate of drug-likeness (QED) is 0.199. The zero-order chi connectivity index (χ0) is 19.1. The lowest BCUT2D eigenvalue weighted by molar-refractivity contribution is -0.138. The predicted molar refractivity (Wildman–Crippen MR) is 98.1 cm³/mol. The Morgan fingerprint density at radius 1 is 0.840 bits per heavy atom. The van der Waals surface area contributed by atoms with Gasteiger partial charge in [-0.15, -0.1) is 0 Å². The van der Waals surface area contributed by atoms with E-state index in [4.69, 9.17) is 10.2 Å². The van der Waals surface area contributed by atoms with Gasteiger partial charge in [-0.05, 0) is 20.9 Å². The lowest BCUT2D eigenvalue weighted by Crippen LogP contribution is -2.42. The molecule has 0 unspecified atom stereocenters. The fraction of sp³-hybridized carbons (Fsp3) is 0.875. The summed E-state index contributed by atoms with van der Waals surface area (Å²) in [5, 5.41) is 26.7. The van der Waals surface area contributed by atoms with Crippen molar-refractivity contribution in [3.63, 3.8) is 0 Å². The number of carboxylic acid groups (broad SMARTS) is 2. The highest BCUT2D eigenvalue weighted by Crippen LogP contribution is 1.95. The molecule has 0 heterocycles. The number of likely N-dealkylation sites (N-methyl/N-ethyl adjacent to an activating group) is 1. The second kappa shape index (κ2) is 15.0. The molecule has 0 saturated carbocycles. The molecule has 0 aliphatic heterocycles. The number of carboxylic acids is 2. The standard InChI is InChI=1S/C16H35N5O4/c1-14(2)21(10-7-17-4-5-19-12-15(22)23)11-8-18-6-9-20(3)13-16(24)25/h14,17-19H,4-13H2,1-3H3,(H,22,23)(H,24,25). The SMILES string of the molecule is CC(C)N(CCNCCNCC(=O)O)CCNCCN(C)CC(=O)O. The van der Waals surface area contributed by atoms with Crippen molar-refractivity contribution in [3.8, 4) is 0 Å². The van der Waals surface area contributed by atoms with Crippen LogP contribution in [0.3, 0.4) is 0 Å². The van der Waals surface area contributed by atoms with Crippen molar-refractivity contribution in [1.29, 1.82) is 0 Å². The van der Waals surface area contributed by atoms with Gasteiger partial charge in [0.25, 0.3) is 0 Å². The Morgan fingerprint density at radius 3 is 1.88 bits per heavy atom. The third kappa shape index (κ3) is 16.0. The van der Waals surface area contributed by atoms with Crippen molar-refractivity contribution < 1.29 is 19.8 Å². The van der Waals surface area contributed by atoms with Gasteiger partial charge in [0.15, 0.2) is 0 Å². The van der Waals surface area contributed by atoms with E-state index in [1.54, 1.807) is 11.9 Å². The second-order valence-electron chi connectivity index (χ2n) is 6.33. The highest BCUT2D eigenvalue weighted by molar-refractivity contribution is 5.69. The average molecular weight is 361 g/mol. The topological polar surface area (TPSA) is 117 Å². The van der Waals surface area contributed by atoms with Crippen LogP contribution in [0.5, 0.6) is 0 Å². The van der Waals surface area contributed by atoms with E-state index in [0.717, 1.165) is 39.3 Å². The maximum atomic E-state index is 10.6. The van der Waals surface area contributed by atoms with Crippen LogP contribution in [0, 0.1) is 0 Å². The Morgan fingerprint density at radius 2 is 1.36 bits per heavy atom. The van der Waals surface area contributed by atoms with Crippen LogP contribution in [-0.4, -0.2) is 110 Å². The van der Waals surface area contributed by atoms with Crippen molar-refractivity contribution in [2.75, 3.05) is 72.5 Å². The van der Waals surface area contributed by atoms with Crippen LogP contribution < -0.4 is 16.0 Å². The number of aliphatic carboxylic acids is 2. The van der Waals surface area contributed by atoms with E-state index in [2.05, 4.69) is 34.7 Å². The first-order valence-electron chi connectivity index (χ1n) is 8.81. The maximum Gasteiger partial charge on any atom is 0.317 e. The van der Waals surface area contributed by atoms with Gasteiger partial charge < -0.3 is 26.2 Å². The molecule has 5 N–H and O–H groups in total. The second-order valence-corrected chi connectivity index (χ2v) is 6.33. The zero-order valence-electron chi connectivity index (χ0n) is 15.8. The van der Waals surface area contributed by atoms with Crippen LogP contribution in [0.4, 0.5) is 0 Å². The number of hydrogen-bond acceptors (Lipinski definition) is 7. The van der Waals surface area contributed by atoms with Gasteiger partial charge in [-0.2, -0.15) is 0 Å². The monoisotopic (exact) mass is 361 g/mol. The molecule has 0 aromatic rings. The van der Waals surface area contributed by atoms with E-state index in [1.165, 1.54) is 0 Å². The summed E-state index contributed by atoms with van der Waals surface area (Å²) in [6, 6.07) is 0.448. The van der Waals surface area contributed by atoms with Gasteiger partial charge >= 0.3 is 11.9 Å². The van der Waals surface area contributed by atoms with Crippen molar-refractivity contribution >= 4 is 11.9 Å². The van der Waals surface area contributed by atoms with Crippen molar-refractivity contribution in [2.24, 2.45) is 0 Å². The molecule has 0 radical (unpaired) electrons. The third-order valence-electron chi connectivity index (χ3n) is 3.71. The Balaban J connectivity index is 3.67. The molecule has 0 amide bonds. The van der Waals surface area contributed by atoms with E-state index in [1.807, 2.05) is 0 Å². The van der Waals surface area contributed by atoms with E-state index in [-0.39, 0.29) is 13.1 Å². The first kappa shape index (κ1) is 23.7. The van der Waals surface area contributed by atoms with Crippen LogP contribution in [0.2, 0.25) is 0 Å². The normalized spacial score (nSPS) is 11.6. The number of carbonyl (C=O) groups is 2. The molecule has 0 rings (SSSR count). The van der Waals surface area contributed by atoms with Gasteiger partial charge in [-0.25, -0.2) is 0 Å². The molecule has 9 heteroatoms. The molecule has 0 aromatic heterocycles. The van der Waals surface area contributed by atoms with Gasteiger partial charge in [-0.1, -0.05) is 0 Å². The minimum atomic E-state index is -0.840. The maximum absolute atomic E-state index is 10.6. The average Bonchev–Trinajstić information content (AvgIpc) is 2.50. The molecular formula is C16H35N5O4. The molecule has 0 aliphatic carbocycles. The molecule has 25 heavy (non-hydrogen) atoms. The summed E-state index contributed by atoms with van der Waals surface area (Å²) in [6.07, 6.45) is 0. The fourth-order valence-electron chi connectivity index (χ4n) is 2.28. The summed E-state index contributed by atoms with van der Waals surface area (Å²) in [4.78, 5) is 25.1. The summed E-state index contributed by atoms with van der Waals surface area (Å²) in [6.45, 7) is 10.8. The number of rotatable bonds is 17. The van der Waals surface area contributed by atoms with Crippen LogP contribution in [0.15, 0.2) is 0 Å². The fourth-order valence-corrected chi connectivity index (χ4v) is 2.28. The summed E-state index contributed by atoms with van der Waals surface area (Å²) >= 11 is 0. The van der Waals surface area contributed by atoms with Gasteiger partial charge in [0.05, 0.1) is 13.1 Å². The number of nitrogens with zero attached hydrogens (tertiary/aromatic N) is 2. The number of nitrogens with one attached hydrogen (secondary N) is 3. The smallest absolute Gasteiger partial charge is 0.317 e. The highest BCUT2D eigenvalue weighted by Gasteiger charge is 2.08. The van der Waals surface area contributed by atoms with E-state index >= 15 is 0 Å². The Kier molecular flexibility index (Phi) is 14.3. The van der Waals surface area contributed by atoms with Crippen molar-refractivity contribution in [1.82, 2.24) is 25.8 Å². The molecule has 9 nitrogen and oxygen atoms in total. The predicted octanol–water partition coefficient (Wildman–Crippen LogP) is -1.43. The summed E-state index contributed by atoms with van der Waals surface area (Å²) in [5.74, 6) is -1.65. The first-order valence-corrected chi connectivity index (χ1v) is 8.81. The van der Waals surface area contributed by atoms with E-state index < -0.39 is 11.9 Å². The number of hydrogen-bond donors (Lipinski definition) is 5. The minimum Gasteiger partial charge on any atom is -0.480 e. The summed E-state index contributed by atoms with van der Waals surface area (Å²) < 4.78 is 0. The van der Waals surface area contributed by atoms with Crippen LogP contribution in [0.1, 0.15) is 13.8 Å².